The minimum absolute atomic E-state index is 0.0147. The van der Waals surface area contributed by atoms with Gasteiger partial charge in [0.2, 0.25) is 12.2 Å². The zero-order valence-corrected chi connectivity index (χ0v) is 17.8. The molecule has 3 aliphatic carbocycles. The van der Waals surface area contributed by atoms with Gasteiger partial charge >= 0.3 is 0 Å². The molecule has 174 valence electrons. The number of ketones is 2. The van der Waals surface area contributed by atoms with Crippen molar-refractivity contribution in [1.82, 2.24) is 4.90 Å². The van der Waals surface area contributed by atoms with Crippen LogP contribution in [0.5, 0.6) is 5.75 Å². The van der Waals surface area contributed by atoms with E-state index in [0.717, 1.165) is 0 Å². The van der Waals surface area contributed by atoms with Gasteiger partial charge in [0.15, 0.2) is 17.1 Å². The van der Waals surface area contributed by atoms with E-state index >= 15 is 0 Å². The van der Waals surface area contributed by atoms with Gasteiger partial charge in [0.1, 0.15) is 17.1 Å². The zero-order chi connectivity index (χ0) is 24.4. The van der Waals surface area contributed by atoms with Gasteiger partial charge in [-0.15, -0.1) is 0 Å². The fourth-order valence-electron chi connectivity index (χ4n) is 5.41. The summed E-state index contributed by atoms with van der Waals surface area (Å²) in [5, 5.41) is 46.1. The standard InChI is InChI=1S/C22H23N3O8/c1-25(2)15-10-6-9-5-8-3-4-11(24-7-26)16(27)12(8)17(28)13(9)19(30)22(10,33)20(31)14(18(15)29)21(23)32/h3-4,7,9-10,15,27,29-30,33H,5-6H2,1-2H3,(H2,23,32)(H,24,26). The second kappa shape index (κ2) is 7.42. The van der Waals surface area contributed by atoms with Crippen LogP contribution < -0.4 is 11.1 Å². The third-order valence-electron chi connectivity index (χ3n) is 6.81. The average Bonchev–Trinajstić information content (AvgIpc) is 2.72. The molecule has 4 atom stereocenters. The predicted octanol–water partition coefficient (Wildman–Crippen LogP) is -0.311. The maximum Gasteiger partial charge on any atom is 0.255 e. The Bertz CT molecular complexity index is 1180. The van der Waals surface area contributed by atoms with Crippen LogP contribution in [0.3, 0.4) is 0 Å². The van der Waals surface area contributed by atoms with Gasteiger partial charge in [-0.1, -0.05) is 6.07 Å². The smallest absolute Gasteiger partial charge is 0.255 e. The van der Waals surface area contributed by atoms with Gasteiger partial charge in [0.05, 0.1) is 17.3 Å². The highest BCUT2D eigenvalue weighted by atomic mass is 16.3. The molecule has 11 heteroatoms. The Hall–Kier alpha value is -3.70. The number of aliphatic hydroxyl groups is 3. The summed E-state index contributed by atoms with van der Waals surface area (Å²) in [4.78, 5) is 50.8. The van der Waals surface area contributed by atoms with Crippen LogP contribution in [0.2, 0.25) is 0 Å². The summed E-state index contributed by atoms with van der Waals surface area (Å²) in [5.41, 5.74) is 1.76. The van der Waals surface area contributed by atoms with Crippen LogP contribution in [-0.2, 0) is 20.8 Å². The molecule has 0 spiro atoms. The first kappa shape index (κ1) is 22.5. The van der Waals surface area contributed by atoms with E-state index in [4.69, 9.17) is 5.73 Å². The molecule has 0 heterocycles. The fraction of sp³-hybridized carbons (Fsp3) is 0.364. The molecule has 33 heavy (non-hydrogen) atoms. The lowest BCUT2D eigenvalue weighted by Crippen LogP contribution is -2.63. The van der Waals surface area contributed by atoms with Crippen molar-refractivity contribution < 1.29 is 39.6 Å². The van der Waals surface area contributed by atoms with Crippen molar-refractivity contribution in [3.8, 4) is 5.75 Å². The first-order valence-electron chi connectivity index (χ1n) is 10.2. The van der Waals surface area contributed by atoms with Crippen molar-refractivity contribution in [1.29, 1.82) is 0 Å². The van der Waals surface area contributed by atoms with Gasteiger partial charge in [0.25, 0.3) is 5.91 Å². The topological polar surface area (TPSA) is 190 Å². The number of benzene rings is 1. The largest absolute Gasteiger partial charge is 0.510 e. The number of anilines is 1. The number of phenolic OH excluding ortho intramolecular Hbond substituents is 1. The number of hydrogen-bond acceptors (Lipinski definition) is 9. The first-order chi connectivity index (χ1) is 15.5. The monoisotopic (exact) mass is 457 g/mol. The number of likely N-dealkylation sites (N-methyl/N-ethyl adjacent to an activating group) is 1. The van der Waals surface area contributed by atoms with E-state index in [0.29, 0.717) is 12.0 Å². The van der Waals surface area contributed by atoms with E-state index in [2.05, 4.69) is 5.32 Å². The Labute approximate surface area is 187 Å². The number of amides is 2. The summed E-state index contributed by atoms with van der Waals surface area (Å²) in [6, 6.07) is 1.96. The molecule has 0 fully saturated rings. The summed E-state index contributed by atoms with van der Waals surface area (Å²) in [6.07, 6.45) is 0.527. The predicted molar refractivity (Wildman–Crippen MR) is 113 cm³/mol. The van der Waals surface area contributed by atoms with Crippen molar-refractivity contribution in [2.24, 2.45) is 17.6 Å². The number of primary amides is 1. The van der Waals surface area contributed by atoms with Crippen LogP contribution >= 0.6 is 0 Å². The molecule has 0 saturated carbocycles. The fourth-order valence-corrected chi connectivity index (χ4v) is 5.41. The van der Waals surface area contributed by atoms with Crippen molar-refractivity contribution in [2.75, 3.05) is 19.4 Å². The maximum absolute atomic E-state index is 13.4. The summed E-state index contributed by atoms with van der Waals surface area (Å²) < 4.78 is 0. The Morgan fingerprint density at radius 2 is 1.91 bits per heavy atom. The summed E-state index contributed by atoms with van der Waals surface area (Å²) in [5.74, 6) is -7.16. The van der Waals surface area contributed by atoms with Crippen LogP contribution in [-0.4, -0.2) is 74.9 Å². The third kappa shape index (κ3) is 2.89. The van der Waals surface area contributed by atoms with Crippen molar-refractivity contribution in [2.45, 2.75) is 24.5 Å². The number of nitrogens with two attached hydrogens (primary N) is 1. The molecule has 0 aliphatic heterocycles. The summed E-state index contributed by atoms with van der Waals surface area (Å²) in [6.45, 7) is 0. The third-order valence-corrected chi connectivity index (χ3v) is 6.81. The van der Waals surface area contributed by atoms with E-state index in [1.54, 1.807) is 20.2 Å². The van der Waals surface area contributed by atoms with Crippen LogP contribution in [0, 0.1) is 11.8 Å². The van der Waals surface area contributed by atoms with Gasteiger partial charge < -0.3 is 31.5 Å². The molecule has 2 amide bonds. The SMILES string of the molecule is CN(C)C1C(O)=C(C(N)=O)C(=O)C2(O)C(O)=C3C(=O)c4c(ccc(NC=O)c4O)CC3CC12. The number of rotatable bonds is 4. The molecule has 11 nitrogen and oxygen atoms in total. The number of nitrogens with zero attached hydrogens (tertiary/aromatic N) is 1. The highest BCUT2D eigenvalue weighted by molar-refractivity contribution is 6.24. The molecule has 0 saturated heterocycles. The second-order valence-corrected chi connectivity index (χ2v) is 8.72. The molecule has 7 N–H and O–H groups in total. The van der Waals surface area contributed by atoms with Gasteiger partial charge in [-0.25, -0.2) is 0 Å². The van der Waals surface area contributed by atoms with E-state index in [1.165, 1.54) is 11.0 Å². The van der Waals surface area contributed by atoms with Crippen molar-refractivity contribution in [3.05, 3.63) is 45.9 Å². The highest BCUT2D eigenvalue weighted by Crippen LogP contribution is 2.52. The number of phenols is 1. The van der Waals surface area contributed by atoms with Crippen LogP contribution in [0.15, 0.2) is 34.8 Å². The van der Waals surface area contributed by atoms with Gasteiger partial charge in [0, 0.05) is 11.5 Å². The minimum Gasteiger partial charge on any atom is -0.510 e. The molecule has 3 aliphatic rings. The van der Waals surface area contributed by atoms with Crippen LogP contribution in [0.4, 0.5) is 5.69 Å². The van der Waals surface area contributed by atoms with Crippen molar-refractivity contribution in [3.63, 3.8) is 0 Å². The number of carbonyl (C=O) groups is 4. The van der Waals surface area contributed by atoms with E-state index in [9.17, 15) is 39.6 Å². The summed E-state index contributed by atoms with van der Waals surface area (Å²) >= 11 is 0. The normalized spacial score (nSPS) is 28.9. The lowest BCUT2D eigenvalue weighted by atomic mass is 9.58. The molecule has 4 unspecified atom stereocenters. The Morgan fingerprint density at radius 1 is 1.24 bits per heavy atom. The quantitative estimate of drug-likeness (QED) is 0.200. The number of hydrogen-bond donors (Lipinski definition) is 6. The number of aromatic hydroxyl groups is 1. The molecule has 0 aromatic heterocycles. The number of aliphatic hydroxyl groups excluding tert-OH is 2. The molecule has 1 aromatic carbocycles. The Morgan fingerprint density at radius 3 is 2.48 bits per heavy atom. The first-order valence-corrected chi connectivity index (χ1v) is 10.2. The maximum atomic E-state index is 13.4. The average molecular weight is 457 g/mol. The number of nitrogens with one attached hydrogen (secondary N) is 1. The molecular formula is C22H23N3O8. The second-order valence-electron chi connectivity index (χ2n) is 8.72. The number of Topliss-reactive ketones (excluding diaryl/α,β-unsaturated/α-hetero) is 2. The van der Waals surface area contributed by atoms with E-state index in [-0.39, 0.29) is 29.7 Å². The molecule has 0 radical (unpaired) electrons. The van der Waals surface area contributed by atoms with Gasteiger partial charge in [-0.05, 0) is 44.5 Å². The molecular weight excluding hydrogens is 434 g/mol. The van der Waals surface area contributed by atoms with E-state index < -0.39 is 63.8 Å². The van der Waals surface area contributed by atoms with E-state index in [1.807, 2.05) is 0 Å². The number of carbonyl (C=O) groups excluding carboxylic acids is 4. The van der Waals surface area contributed by atoms with Gasteiger partial charge in [-0.3, -0.25) is 24.1 Å². The van der Waals surface area contributed by atoms with Crippen LogP contribution in [0.25, 0.3) is 0 Å². The van der Waals surface area contributed by atoms with Gasteiger partial charge in [-0.2, -0.15) is 0 Å². The number of allylic oxidation sites excluding steroid dienone is 1. The molecule has 4 rings (SSSR count). The van der Waals surface area contributed by atoms with Crippen molar-refractivity contribution >= 4 is 29.6 Å². The zero-order valence-electron chi connectivity index (χ0n) is 17.8. The lowest BCUT2D eigenvalue weighted by Gasteiger charge is -2.50. The molecule has 1 aromatic rings. The molecule has 0 bridgehead atoms. The number of fused-ring (bicyclic) bond motifs is 3. The summed E-state index contributed by atoms with van der Waals surface area (Å²) in [7, 11) is 3.12. The minimum atomic E-state index is -2.68. The Balaban J connectivity index is 1.94. The van der Waals surface area contributed by atoms with Crippen LogP contribution in [0.1, 0.15) is 22.3 Å². The highest BCUT2D eigenvalue weighted by Gasteiger charge is 2.63. The Kier molecular flexibility index (Phi) is 5.06. The lowest BCUT2D eigenvalue weighted by molar-refractivity contribution is -0.148.